The minimum Gasteiger partial charge on any atom is -0.323 e. The maximum atomic E-state index is 13.1. The zero-order chi connectivity index (χ0) is 62.7. The smallest absolute Gasteiger partial charge is 0.323 e. The Morgan fingerprint density at radius 3 is 0.699 bits per heavy atom. The van der Waals surface area contributed by atoms with E-state index >= 15 is 0 Å². The second-order valence-corrected chi connectivity index (χ2v) is 31.2. The van der Waals surface area contributed by atoms with Crippen LogP contribution in [-0.4, -0.2) is 264 Å². The van der Waals surface area contributed by atoms with Gasteiger partial charge in [-0.25, -0.2) is 0 Å². The number of nitrogens with zero attached hydrogens (tertiary/aromatic N) is 6. The quantitative estimate of drug-likeness (QED) is 0.0337. The van der Waals surface area contributed by atoms with Crippen LogP contribution in [0.2, 0.25) is 0 Å². The van der Waals surface area contributed by atoms with Crippen molar-refractivity contribution in [3.63, 3.8) is 0 Å². The van der Waals surface area contributed by atoms with Crippen LogP contribution in [-0.2, 0) is 77.2 Å². The zero-order valence-corrected chi connectivity index (χ0v) is 58.3. The van der Waals surface area contributed by atoms with Crippen LogP contribution in [0.5, 0.6) is 0 Å². The third-order valence-corrected chi connectivity index (χ3v) is 22.9. The first-order valence-electron chi connectivity index (χ1n) is 29.4. The Morgan fingerprint density at radius 2 is 0.506 bits per heavy atom. The fourth-order valence-electron chi connectivity index (χ4n) is 8.24. The van der Waals surface area contributed by atoms with Crippen LogP contribution in [0.15, 0.2) is 0 Å². The summed E-state index contributed by atoms with van der Waals surface area (Å²) in [5, 5.41) is 6.73. The van der Waals surface area contributed by atoms with E-state index in [0.29, 0.717) is 98.4 Å². The topological polar surface area (TPSA) is 328 Å². The van der Waals surface area contributed by atoms with Crippen LogP contribution in [0, 0.1) is 0 Å². The lowest BCUT2D eigenvalue weighted by Crippen LogP contribution is -2.37. The molecule has 29 nitrogen and oxygen atoms in total. The second kappa shape index (κ2) is 48.7. The van der Waals surface area contributed by atoms with Crippen molar-refractivity contribution in [2.75, 3.05) is 215 Å². The summed E-state index contributed by atoms with van der Waals surface area (Å²) >= 11 is 0. The Morgan fingerprint density at radius 1 is 0.301 bits per heavy atom. The maximum Gasteiger partial charge on any atom is 0.344 e. The highest BCUT2D eigenvalue weighted by atomic mass is 31.2. The highest BCUT2D eigenvalue weighted by Crippen LogP contribution is 2.51. The molecule has 0 amide bonds. The zero-order valence-electron chi connectivity index (χ0n) is 52.0. The molecule has 0 spiro atoms. The molecule has 0 radical (unpaired) electrons. The second-order valence-electron chi connectivity index (χ2n) is 18.7. The summed E-state index contributed by atoms with van der Waals surface area (Å²) in [7, 11) is -23.0. The van der Waals surface area contributed by atoms with Crippen molar-refractivity contribution in [2.24, 2.45) is 0 Å². The lowest BCUT2D eigenvalue weighted by atomic mass is 10.2. The van der Waals surface area contributed by atoms with E-state index in [2.05, 4.69) is 10.6 Å². The summed E-state index contributed by atoms with van der Waals surface area (Å²) in [4.78, 5) is 51.1. The van der Waals surface area contributed by atoms with Gasteiger partial charge in [-0.2, -0.15) is 0 Å². The average Bonchev–Trinajstić information content (AvgIpc) is 3.64. The molecule has 3 fully saturated rings. The van der Waals surface area contributed by atoms with E-state index in [1.54, 1.807) is 70.1 Å². The average molecular weight is 1340 g/mol. The molecule has 0 aromatic carbocycles. The third kappa shape index (κ3) is 44.1. The van der Waals surface area contributed by atoms with Crippen molar-refractivity contribution in [3.8, 4) is 0 Å². The van der Waals surface area contributed by atoms with Gasteiger partial charge in [0, 0.05) is 91.6 Å². The van der Waals surface area contributed by atoms with Crippen molar-refractivity contribution >= 4 is 54.2 Å². The standard InChI is InChI=1S/C19H44N3O9P3.C15H36N3O9P3.C7H16N2.C6H15O3P/c1-6-27-32(23,24)17-20-11-13-21(18-33(25,28-7-2)29-8-3)15-16-22(14-12-20)19-34(26,30-9-4)31-10-5;1-4-25-28(19,20)13-16-7-9-17(14-29(21,22)26-5-2)11-12-18(10-8-16)15-30(23,24)27-6-3;1-2-4-8-6-7-9-5-3-1;1-4-7-10(8-5-2)9-6-3/h6-19H2,1-5H3,(H,23,24);4-15H2,1-3H3,(H,19,20)(H,21,22)(H,23,24);8-9H,1-7H2;4-6H2,1-3H3. The molecule has 6 N–H and O–H groups in total. The van der Waals surface area contributed by atoms with Gasteiger partial charge >= 0.3 is 54.2 Å². The van der Waals surface area contributed by atoms with Gasteiger partial charge in [0.15, 0.2) is 0 Å². The molecule has 0 saturated carbocycles. The fraction of sp³-hybridized carbons (Fsp3) is 1.00. The molecule has 3 rings (SSSR count). The van der Waals surface area contributed by atoms with Gasteiger partial charge in [-0.05, 0) is 102 Å². The molecule has 3 saturated heterocycles. The van der Waals surface area contributed by atoms with Crippen LogP contribution in [0.25, 0.3) is 0 Å². The van der Waals surface area contributed by atoms with Gasteiger partial charge in [0.25, 0.3) is 0 Å². The van der Waals surface area contributed by atoms with E-state index in [0.717, 1.165) is 13.1 Å². The molecule has 36 heteroatoms. The molecule has 0 aromatic heterocycles. The van der Waals surface area contributed by atoms with E-state index in [4.69, 9.17) is 49.8 Å². The Balaban J connectivity index is 0.00000123. The van der Waals surface area contributed by atoms with Crippen LogP contribution in [0.1, 0.15) is 95.4 Å². The Bertz CT molecular complexity index is 1720. The molecule has 500 valence electrons. The summed E-state index contributed by atoms with van der Waals surface area (Å²) < 4.78 is 133. The monoisotopic (exact) mass is 1340 g/mol. The molecular formula is C47H111N8O21P7. The van der Waals surface area contributed by atoms with Crippen molar-refractivity contribution in [1.29, 1.82) is 0 Å². The molecule has 4 atom stereocenters. The predicted octanol–water partition coefficient (Wildman–Crippen LogP) is 7.65. The van der Waals surface area contributed by atoms with Crippen LogP contribution in [0.3, 0.4) is 0 Å². The minimum atomic E-state index is -3.82. The highest BCUT2D eigenvalue weighted by molar-refractivity contribution is 7.54. The van der Waals surface area contributed by atoms with Crippen molar-refractivity contribution in [2.45, 2.75) is 95.4 Å². The summed E-state index contributed by atoms with van der Waals surface area (Å²) in [5.74, 6) is 0. The molecule has 4 unspecified atom stereocenters. The Kier molecular flexibility index (Phi) is 49.2. The first-order chi connectivity index (χ1) is 39.3. The molecule has 0 bridgehead atoms. The molecule has 83 heavy (non-hydrogen) atoms. The first kappa shape index (κ1) is 83.9. The van der Waals surface area contributed by atoms with E-state index in [-0.39, 0.29) is 90.6 Å². The summed E-state index contributed by atoms with van der Waals surface area (Å²) in [6.07, 6.45) is 3.52. The highest BCUT2D eigenvalue weighted by Gasteiger charge is 2.34. The fourth-order valence-corrected chi connectivity index (χ4v) is 17.8. The van der Waals surface area contributed by atoms with E-state index in [1.165, 1.54) is 32.4 Å². The van der Waals surface area contributed by atoms with Gasteiger partial charge in [-0.3, -0.25) is 56.8 Å². The van der Waals surface area contributed by atoms with Crippen molar-refractivity contribution < 1.29 is 96.7 Å². The normalized spacial score (nSPS) is 20.8. The summed E-state index contributed by atoms with van der Waals surface area (Å²) in [6.45, 7) is 32.6. The van der Waals surface area contributed by atoms with Crippen molar-refractivity contribution in [3.05, 3.63) is 0 Å². The summed E-state index contributed by atoms with van der Waals surface area (Å²) in [5.41, 5.74) is 0. The molecule has 3 aliphatic heterocycles. The molecule has 0 aromatic rings. The van der Waals surface area contributed by atoms with Crippen LogP contribution in [0.4, 0.5) is 0 Å². The molecule has 3 aliphatic rings. The van der Waals surface area contributed by atoms with Gasteiger partial charge in [-0.1, -0.05) is 6.42 Å². The van der Waals surface area contributed by atoms with E-state index in [9.17, 15) is 47.0 Å². The lowest BCUT2D eigenvalue weighted by Gasteiger charge is -2.29. The van der Waals surface area contributed by atoms with Gasteiger partial charge in [0.05, 0.1) is 72.7 Å². The van der Waals surface area contributed by atoms with Gasteiger partial charge in [-0.15, -0.1) is 0 Å². The SMILES string of the molecule is C1CCNCCNCC1.CCOP(=O)(O)CN1CCN(CP(=O)(O)OCC)CCN(CP(=O)(O)OCC)CC1.CCOP(=O)(O)CN1CCN(CP(=O)(OCC)OCC)CCN(CP(=O)(OCC)OCC)CC1.CCOP(OCC)OCC. The molecular weight excluding hydrogens is 1230 g/mol. The Labute approximate surface area is 499 Å². The van der Waals surface area contributed by atoms with Crippen LogP contribution < -0.4 is 10.6 Å². The Hall–Kier alpha value is 0.890. The molecule has 3 heterocycles. The third-order valence-electron chi connectivity index (χ3n) is 11.7. The van der Waals surface area contributed by atoms with E-state index < -0.39 is 54.2 Å². The summed E-state index contributed by atoms with van der Waals surface area (Å²) in [6, 6.07) is 0. The van der Waals surface area contributed by atoms with Gasteiger partial charge < -0.3 is 80.0 Å². The number of nitrogens with one attached hydrogen (secondary N) is 2. The minimum absolute atomic E-state index is 0.0905. The largest absolute Gasteiger partial charge is 0.344 e. The maximum absolute atomic E-state index is 13.1. The number of hydrogen-bond acceptors (Lipinski definition) is 25. The first-order valence-corrected chi connectivity index (χ1v) is 41.0. The van der Waals surface area contributed by atoms with E-state index in [1.807, 2.05) is 35.5 Å². The molecule has 0 aliphatic carbocycles. The predicted molar refractivity (Wildman–Crippen MR) is 328 cm³/mol. The van der Waals surface area contributed by atoms with Gasteiger partial charge in [0.2, 0.25) is 0 Å². The number of rotatable bonds is 34. The lowest BCUT2D eigenvalue weighted by molar-refractivity contribution is 0.176. The van der Waals surface area contributed by atoms with Crippen LogP contribution >= 0.6 is 54.2 Å². The van der Waals surface area contributed by atoms with Crippen molar-refractivity contribution in [1.82, 2.24) is 40.0 Å². The van der Waals surface area contributed by atoms with Gasteiger partial charge in [0.1, 0.15) is 37.7 Å². The number of hydrogen-bond donors (Lipinski definition) is 6.